The van der Waals surface area contributed by atoms with Gasteiger partial charge in [-0.2, -0.15) is 0 Å². The molecule has 2 rings (SSSR count). The predicted molar refractivity (Wildman–Crippen MR) is 76.5 cm³/mol. The molecule has 0 heterocycles. The summed E-state index contributed by atoms with van der Waals surface area (Å²) in [4.78, 5) is 1.77. The van der Waals surface area contributed by atoms with E-state index in [4.69, 9.17) is 0 Å². The molecule has 2 aromatic rings. The molecule has 0 spiro atoms. The predicted octanol–water partition coefficient (Wildman–Crippen LogP) is 4.09. The molecule has 0 amide bonds. The van der Waals surface area contributed by atoms with Crippen LogP contribution in [-0.2, 0) is 11.2 Å². The van der Waals surface area contributed by atoms with E-state index in [2.05, 4.69) is 12.1 Å². The van der Waals surface area contributed by atoms with Gasteiger partial charge in [0, 0.05) is 11.2 Å². The van der Waals surface area contributed by atoms with Crippen molar-refractivity contribution in [3.63, 3.8) is 0 Å². The van der Waals surface area contributed by atoms with E-state index in [1.807, 2.05) is 52.0 Å². The van der Waals surface area contributed by atoms with Crippen molar-refractivity contribution in [3.05, 3.63) is 58.7 Å². The fraction of sp³-hybridized carbons (Fsp3) is 0.250. The molecule has 0 aliphatic rings. The summed E-state index contributed by atoms with van der Waals surface area (Å²) < 4.78 is 12.6. The molecular weight excluding hydrogens is 240 g/mol. The lowest BCUT2D eigenvalue weighted by atomic mass is 10.2. The minimum Gasteiger partial charge on any atom is -0.606 e. The maximum absolute atomic E-state index is 12.6. The third-order valence-electron chi connectivity index (χ3n) is 2.82. The van der Waals surface area contributed by atoms with Crippen LogP contribution >= 0.6 is 0 Å². The fourth-order valence-electron chi connectivity index (χ4n) is 2.22. The van der Waals surface area contributed by atoms with Crippen molar-refractivity contribution in [2.24, 2.45) is 0 Å². The Balaban J connectivity index is 2.43. The topological polar surface area (TPSA) is 23.1 Å². The van der Waals surface area contributed by atoms with Crippen LogP contribution in [0.15, 0.2) is 46.2 Å². The van der Waals surface area contributed by atoms with Crippen LogP contribution < -0.4 is 0 Å². The molecule has 0 aromatic heterocycles. The van der Waals surface area contributed by atoms with Gasteiger partial charge in [0.2, 0.25) is 0 Å². The van der Waals surface area contributed by atoms with Crippen molar-refractivity contribution < 1.29 is 4.55 Å². The normalized spacial score (nSPS) is 11.0. The van der Waals surface area contributed by atoms with Gasteiger partial charge in [0.1, 0.15) is 0 Å². The van der Waals surface area contributed by atoms with Crippen LogP contribution in [0.5, 0.6) is 0 Å². The zero-order valence-corrected chi connectivity index (χ0v) is 12.1. The molecule has 0 saturated heterocycles. The van der Waals surface area contributed by atoms with Crippen molar-refractivity contribution in [2.45, 2.75) is 37.5 Å². The van der Waals surface area contributed by atoms with Crippen LogP contribution in [0.2, 0.25) is 0 Å². The van der Waals surface area contributed by atoms with Crippen LogP contribution in [0, 0.1) is 27.7 Å². The van der Waals surface area contributed by atoms with Gasteiger partial charge in [0.25, 0.3) is 0 Å². The Morgan fingerprint density at radius 3 is 1.17 bits per heavy atom. The maximum Gasteiger partial charge on any atom is 0.158 e. The Bertz CT molecular complexity index is 483. The Hall–Kier alpha value is -1.25. The lowest BCUT2D eigenvalue weighted by molar-refractivity contribution is 0.594. The number of hydrogen-bond acceptors (Lipinski definition) is 1. The Labute approximate surface area is 112 Å². The first kappa shape index (κ1) is 13.2. The number of hydrogen-bond donors (Lipinski definition) is 0. The zero-order valence-electron chi connectivity index (χ0n) is 11.3. The molecule has 94 valence electrons. The lowest BCUT2D eigenvalue weighted by Crippen LogP contribution is -2.03. The van der Waals surface area contributed by atoms with Crippen LogP contribution in [0.3, 0.4) is 0 Å². The monoisotopic (exact) mass is 258 g/mol. The summed E-state index contributed by atoms with van der Waals surface area (Å²) >= 11 is -1.09. The molecule has 0 bridgehead atoms. The minimum atomic E-state index is -1.09. The van der Waals surface area contributed by atoms with Crippen LogP contribution in [-0.4, -0.2) is 4.55 Å². The number of aryl methyl sites for hydroxylation is 4. The number of rotatable bonds is 2. The number of benzene rings is 2. The maximum atomic E-state index is 12.6. The van der Waals surface area contributed by atoms with Gasteiger partial charge in [0.05, 0.1) is 0 Å². The van der Waals surface area contributed by atoms with Crippen molar-refractivity contribution in [1.29, 1.82) is 0 Å². The van der Waals surface area contributed by atoms with Crippen molar-refractivity contribution in [1.82, 2.24) is 0 Å². The molecule has 2 aromatic carbocycles. The van der Waals surface area contributed by atoms with Crippen molar-refractivity contribution >= 4 is 11.2 Å². The molecule has 0 atom stereocenters. The van der Waals surface area contributed by atoms with E-state index in [-0.39, 0.29) is 0 Å². The molecule has 2 heteroatoms. The largest absolute Gasteiger partial charge is 0.606 e. The van der Waals surface area contributed by atoms with Crippen LogP contribution in [0.4, 0.5) is 0 Å². The second-order valence-electron chi connectivity index (χ2n) is 4.92. The summed E-state index contributed by atoms with van der Waals surface area (Å²) in [6.07, 6.45) is 0. The fourth-order valence-corrected chi connectivity index (χ4v) is 3.66. The highest BCUT2D eigenvalue weighted by Gasteiger charge is 2.16. The highest BCUT2D eigenvalue weighted by molar-refractivity contribution is 7.91. The van der Waals surface area contributed by atoms with Crippen molar-refractivity contribution in [2.75, 3.05) is 0 Å². The Kier molecular flexibility index (Phi) is 3.79. The van der Waals surface area contributed by atoms with E-state index < -0.39 is 11.2 Å². The van der Waals surface area contributed by atoms with E-state index in [9.17, 15) is 4.55 Å². The second-order valence-corrected chi connectivity index (χ2v) is 6.40. The third-order valence-corrected chi connectivity index (χ3v) is 4.15. The summed E-state index contributed by atoms with van der Waals surface area (Å²) in [5.74, 6) is 0. The third kappa shape index (κ3) is 2.95. The molecule has 0 radical (unpaired) electrons. The van der Waals surface area contributed by atoms with Gasteiger partial charge in [-0.1, -0.05) is 12.1 Å². The summed E-state index contributed by atoms with van der Waals surface area (Å²) in [6, 6.07) is 12.2. The molecule has 0 aliphatic heterocycles. The molecule has 0 unspecified atom stereocenters. The summed E-state index contributed by atoms with van der Waals surface area (Å²) in [7, 11) is 0. The van der Waals surface area contributed by atoms with Gasteiger partial charge in [0.15, 0.2) is 9.79 Å². The molecule has 0 saturated carbocycles. The highest BCUT2D eigenvalue weighted by atomic mass is 32.2. The lowest BCUT2D eigenvalue weighted by Gasteiger charge is -2.12. The van der Waals surface area contributed by atoms with E-state index in [1.165, 1.54) is 0 Å². The zero-order chi connectivity index (χ0) is 13.3. The van der Waals surface area contributed by atoms with Gasteiger partial charge in [-0.3, -0.25) is 0 Å². The highest BCUT2D eigenvalue weighted by Crippen LogP contribution is 2.24. The molecule has 0 fully saturated rings. The smallest absolute Gasteiger partial charge is 0.158 e. The average Bonchev–Trinajstić information content (AvgIpc) is 2.25. The van der Waals surface area contributed by atoms with E-state index in [1.54, 1.807) is 0 Å². The van der Waals surface area contributed by atoms with Gasteiger partial charge in [-0.25, -0.2) is 0 Å². The van der Waals surface area contributed by atoms with E-state index in [0.29, 0.717) is 0 Å². The van der Waals surface area contributed by atoms with Crippen LogP contribution in [0.1, 0.15) is 22.3 Å². The molecule has 18 heavy (non-hydrogen) atoms. The van der Waals surface area contributed by atoms with Crippen molar-refractivity contribution in [3.8, 4) is 0 Å². The van der Waals surface area contributed by atoms with E-state index in [0.717, 1.165) is 32.0 Å². The SMILES string of the molecule is Cc1cc(C)cc([S+]([O-])c2cc(C)cc(C)c2)c1. The molecular formula is C16H18OS. The summed E-state index contributed by atoms with van der Waals surface area (Å²) in [6.45, 7) is 8.15. The van der Waals surface area contributed by atoms with E-state index >= 15 is 0 Å². The first-order chi connectivity index (χ1) is 8.45. The van der Waals surface area contributed by atoms with Gasteiger partial charge in [-0.05, 0) is 74.2 Å². The molecule has 1 nitrogen and oxygen atoms in total. The van der Waals surface area contributed by atoms with Gasteiger partial charge in [-0.15, -0.1) is 0 Å². The quantitative estimate of drug-likeness (QED) is 0.744. The molecule has 0 N–H and O–H groups in total. The average molecular weight is 258 g/mol. The first-order valence-corrected chi connectivity index (χ1v) is 7.19. The summed E-state index contributed by atoms with van der Waals surface area (Å²) in [5.41, 5.74) is 4.62. The minimum absolute atomic E-state index is 0.887. The van der Waals surface area contributed by atoms with Gasteiger partial charge < -0.3 is 4.55 Å². The van der Waals surface area contributed by atoms with Gasteiger partial charge >= 0.3 is 0 Å². The molecule has 0 aliphatic carbocycles. The Morgan fingerprint density at radius 1 is 0.611 bits per heavy atom. The van der Waals surface area contributed by atoms with Crippen LogP contribution in [0.25, 0.3) is 0 Å². The standard InChI is InChI=1S/C16H18OS/c1-11-5-12(2)8-15(7-11)18(17)16-9-13(3)6-14(4)10-16/h5-10H,1-4H3. The Morgan fingerprint density at radius 2 is 0.889 bits per heavy atom. The second kappa shape index (κ2) is 5.17. The first-order valence-electron chi connectivity index (χ1n) is 6.04. The summed E-state index contributed by atoms with van der Waals surface area (Å²) in [5, 5.41) is 0.